The van der Waals surface area contributed by atoms with E-state index in [1.54, 1.807) is 0 Å². The van der Waals surface area contributed by atoms with E-state index in [4.69, 9.17) is 0 Å². The van der Waals surface area contributed by atoms with Crippen molar-refractivity contribution < 1.29 is 77.2 Å². The average Bonchev–Trinajstić information content (AvgIpc) is 3.09. The Labute approximate surface area is 368 Å². The number of hydrogen-bond acceptors (Lipinski definition) is 9. The number of rotatable bonds is 36. The van der Waals surface area contributed by atoms with Gasteiger partial charge in [-0.3, -0.25) is 0 Å². The predicted octanol–water partition coefficient (Wildman–Crippen LogP) is 10.8. The quantitative estimate of drug-likeness (QED) is 0.0334. The van der Waals surface area contributed by atoms with Crippen molar-refractivity contribution in [1.82, 2.24) is 0 Å². The third-order valence-electron chi connectivity index (χ3n) is 10.4. The van der Waals surface area contributed by atoms with Gasteiger partial charge < -0.3 is 43.1 Å². The van der Waals surface area contributed by atoms with Crippen LogP contribution in [0.2, 0.25) is 0 Å². The fourth-order valence-electron chi connectivity index (χ4n) is 6.75. The molecule has 340 valence electrons. The molecule has 9 nitrogen and oxygen atoms in total. The maximum atomic E-state index is 11.2. The smallest absolute Gasteiger partial charge is 0.811 e. The van der Waals surface area contributed by atoms with Crippen LogP contribution in [0.1, 0.15) is 253 Å². The molecule has 0 heterocycles. The Balaban J connectivity index is -0.000000228. The SMILES string of the molecule is CCCCCCCC(CCCCCC)P(=O)([O-])[O-].CCCCCCCC(CCCCCC)P(=O)([O-])[O-].CCCCCCCC(CCCCCC)P(=O)([O-])[O-].[Fe+3].[Fe+3]. The summed E-state index contributed by atoms with van der Waals surface area (Å²) in [7, 11) is -13.1. The van der Waals surface area contributed by atoms with Gasteiger partial charge in [-0.15, -0.1) is 0 Å². The van der Waals surface area contributed by atoms with Crippen molar-refractivity contribution in [3.8, 4) is 0 Å². The van der Waals surface area contributed by atoms with Gasteiger partial charge in [0.2, 0.25) is 0 Å². The van der Waals surface area contributed by atoms with Crippen molar-refractivity contribution in [2.45, 2.75) is 270 Å². The van der Waals surface area contributed by atoms with Crippen LogP contribution in [0.3, 0.4) is 0 Å². The van der Waals surface area contributed by atoms with Crippen molar-refractivity contribution in [3.63, 3.8) is 0 Å². The fraction of sp³-hybridized carbons (Fsp3) is 1.00. The van der Waals surface area contributed by atoms with Gasteiger partial charge >= 0.3 is 34.1 Å². The van der Waals surface area contributed by atoms with E-state index < -0.39 is 39.8 Å². The van der Waals surface area contributed by atoms with E-state index in [-0.39, 0.29) is 34.1 Å². The van der Waals surface area contributed by atoms with Gasteiger partial charge in [0, 0.05) is 0 Å². The largest absolute Gasteiger partial charge is 3.00 e. The van der Waals surface area contributed by atoms with E-state index in [9.17, 15) is 43.1 Å². The molecule has 3 atom stereocenters. The third-order valence-corrected chi connectivity index (χ3v) is 14.7. The summed E-state index contributed by atoms with van der Waals surface area (Å²) in [5, 5.41) is 0. The zero-order valence-corrected chi connectivity index (χ0v) is 41.7. The molecule has 56 heavy (non-hydrogen) atoms. The van der Waals surface area contributed by atoms with Crippen molar-refractivity contribution >= 4 is 22.8 Å². The zero-order chi connectivity index (χ0) is 41.6. The van der Waals surface area contributed by atoms with Crippen LogP contribution < -0.4 is 29.4 Å². The molecule has 0 bridgehead atoms. The summed E-state index contributed by atoms with van der Waals surface area (Å²) in [6, 6.07) is 0. The van der Waals surface area contributed by atoms with Crippen LogP contribution in [0, 0.1) is 0 Å². The molecule has 0 aromatic carbocycles. The molecule has 0 aliphatic rings. The summed E-state index contributed by atoms with van der Waals surface area (Å²) in [5.74, 6) is 0. The van der Waals surface area contributed by atoms with Gasteiger partial charge in [-0.1, -0.05) is 238 Å². The summed E-state index contributed by atoms with van der Waals surface area (Å²) in [5.41, 5.74) is -1.84. The predicted molar refractivity (Wildman–Crippen MR) is 221 cm³/mol. The van der Waals surface area contributed by atoms with Gasteiger partial charge in [0.05, 0.1) is 0 Å². The number of hydrogen-bond donors (Lipinski definition) is 0. The molecular formula is C42H87Fe2O9P3. The first-order valence-corrected chi connectivity index (χ1v) is 27.4. The molecule has 14 heteroatoms. The van der Waals surface area contributed by atoms with E-state index in [2.05, 4.69) is 41.5 Å². The molecule has 0 saturated heterocycles. The van der Waals surface area contributed by atoms with E-state index in [1.165, 1.54) is 38.5 Å². The standard InChI is InChI=1S/3C14H31O3P.2Fe/c3*1-3-5-7-9-11-13-14(18(15,16)17)12-10-8-6-4-2;;/h3*14H,3-13H2,1-2H3,(H2,15,16,17);;/q;;;2*+3/p-6. The third kappa shape index (κ3) is 48.2. The number of unbranched alkanes of at least 4 members (excludes halogenated alkanes) is 21. The summed E-state index contributed by atoms with van der Waals surface area (Å²) in [4.78, 5) is 67.1. The van der Waals surface area contributed by atoms with Gasteiger partial charge in [-0.05, 0) is 55.5 Å². The van der Waals surface area contributed by atoms with Crippen molar-refractivity contribution in [3.05, 3.63) is 0 Å². The monoisotopic (exact) mass is 940 g/mol. The van der Waals surface area contributed by atoms with Gasteiger partial charge in [-0.25, -0.2) is 0 Å². The van der Waals surface area contributed by atoms with E-state index in [0.717, 1.165) is 135 Å². The van der Waals surface area contributed by atoms with Crippen molar-refractivity contribution in [1.29, 1.82) is 0 Å². The van der Waals surface area contributed by atoms with Crippen LogP contribution in [0.25, 0.3) is 0 Å². The Morgan fingerprint density at radius 1 is 0.268 bits per heavy atom. The van der Waals surface area contributed by atoms with Crippen LogP contribution in [-0.2, 0) is 47.8 Å². The molecular weight excluding hydrogens is 853 g/mol. The minimum atomic E-state index is -4.38. The summed E-state index contributed by atoms with van der Waals surface area (Å²) >= 11 is 0. The van der Waals surface area contributed by atoms with Gasteiger partial charge in [0.25, 0.3) is 0 Å². The molecule has 0 spiro atoms. The minimum Gasteiger partial charge on any atom is -0.811 e. The van der Waals surface area contributed by atoms with Crippen LogP contribution >= 0.6 is 22.8 Å². The Morgan fingerprint density at radius 2 is 0.393 bits per heavy atom. The Hall–Kier alpha value is 1.49. The first kappa shape index (κ1) is 66.6. The van der Waals surface area contributed by atoms with Crippen LogP contribution in [-0.4, -0.2) is 17.0 Å². The minimum absolute atomic E-state index is 0. The molecule has 0 saturated carbocycles. The summed E-state index contributed by atoms with van der Waals surface area (Å²) < 4.78 is 33.6. The first-order valence-electron chi connectivity index (χ1n) is 22.6. The Morgan fingerprint density at radius 3 is 0.518 bits per heavy atom. The maximum Gasteiger partial charge on any atom is 3.00 e. The second-order valence-corrected chi connectivity index (χ2v) is 21.2. The van der Waals surface area contributed by atoms with Gasteiger partial charge in [-0.2, -0.15) is 0 Å². The Kier molecular flexibility index (Phi) is 54.7. The van der Waals surface area contributed by atoms with Gasteiger partial charge in [0.1, 0.15) is 0 Å². The fourth-order valence-corrected chi connectivity index (χ4v) is 9.75. The van der Waals surface area contributed by atoms with E-state index in [0.29, 0.717) is 38.5 Å². The zero-order valence-electron chi connectivity index (χ0n) is 36.8. The van der Waals surface area contributed by atoms with Crippen LogP contribution in [0.5, 0.6) is 0 Å². The molecule has 0 fully saturated rings. The average molecular weight is 941 g/mol. The molecule has 3 unspecified atom stereocenters. The first-order chi connectivity index (χ1) is 25.6. The summed E-state index contributed by atoms with van der Waals surface area (Å²) in [6.07, 6.45) is 32.4. The molecule has 0 rings (SSSR count). The van der Waals surface area contributed by atoms with Crippen LogP contribution in [0.4, 0.5) is 0 Å². The molecule has 0 aromatic heterocycles. The van der Waals surface area contributed by atoms with Crippen molar-refractivity contribution in [2.24, 2.45) is 0 Å². The molecule has 0 aliphatic carbocycles. The van der Waals surface area contributed by atoms with Crippen LogP contribution in [0.15, 0.2) is 0 Å². The molecule has 0 amide bonds. The topological polar surface area (TPSA) is 190 Å². The van der Waals surface area contributed by atoms with Crippen molar-refractivity contribution in [2.75, 3.05) is 0 Å². The normalized spacial score (nSPS) is 13.3. The summed E-state index contributed by atoms with van der Waals surface area (Å²) in [6.45, 7) is 12.8. The van der Waals surface area contributed by atoms with Gasteiger partial charge in [0.15, 0.2) is 0 Å². The molecule has 0 aromatic rings. The second kappa shape index (κ2) is 46.0. The molecule has 2 radical (unpaired) electrons. The molecule has 0 N–H and O–H groups in total. The Bertz CT molecular complexity index is 802. The second-order valence-electron chi connectivity index (χ2n) is 15.7. The maximum absolute atomic E-state index is 11.2. The van der Waals surface area contributed by atoms with E-state index >= 15 is 0 Å². The molecule has 0 aliphatic heterocycles. The van der Waals surface area contributed by atoms with E-state index in [1.807, 2.05) is 0 Å².